The third-order valence-corrected chi connectivity index (χ3v) is 8.23. The molecule has 1 aromatic heterocycles. The van der Waals surface area contributed by atoms with E-state index in [0.717, 1.165) is 5.56 Å². The first-order valence-corrected chi connectivity index (χ1v) is 14.3. The number of aromatic nitrogens is 1. The zero-order valence-electron chi connectivity index (χ0n) is 21.5. The number of nitrogens with zero attached hydrogens (tertiary/aromatic N) is 2. The average Bonchev–Trinajstić information content (AvgIpc) is 3.22. The maximum Gasteiger partial charge on any atom is 0.338 e. The van der Waals surface area contributed by atoms with Crippen LogP contribution in [0.3, 0.4) is 0 Å². The van der Waals surface area contributed by atoms with Gasteiger partial charge < -0.3 is 9.47 Å². The lowest BCUT2D eigenvalue weighted by Gasteiger charge is -2.25. The summed E-state index contributed by atoms with van der Waals surface area (Å²) in [5, 5.41) is 1.48. The highest BCUT2D eigenvalue weighted by atomic mass is 35.5. The predicted molar refractivity (Wildman–Crippen MR) is 159 cm³/mol. The van der Waals surface area contributed by atoms with Crippen LogP contribution in [0.2, 0.25) is 15.1 Å². The minimum Gasteiger partial charge on any atom is -0.488 e. The van der Waals surface area contributed by atoms with Gasteiger partial charge in [0, 0.05) is 26.2 Å². The van der Waals surface area contributed by atoms with Gasteiger partial charge in [-0.15, -0.1) is 0 Å². The Kier molecular flexibility index (Phi) is 8.47. The molecule has 4 aromatic rings. The van der Waals surface area contributed by atoms with Gasteiger partial charge >= 0.3 is 5.97 Å². The second-order valence-electron chi connectivity index (χ2n) is 8.89. The molecule has 0 fully saturated rings. The SMILES string of the molecule is CCOC(=O)C1=C(C)N=c2sc(=Cc3ccccc3OCc3ccc(Cl)cc3Cl)c(=O)n2[C@H]1c1ccccc1Cl. The number of carbonyl (C=O) groups excluding carboxylic acids is 1. The molecule has 3 aromatic carbocycles. The molecule has 0 saturated heterocycles. The predicted octanol–water partition coefficient (Wildman–Crippen LogP) is 6.34. The maximum atomic E-state index is 13.9. The van der Waals surface area contributed by atoms with Crippen LogP contribution in [-0.2, 0) is 16.1 Å². The van der Waals surface area contributed by atoms with Crippen LogP contribution in [0, 0.1) is 0 Å². The topological polar surface area (TPSA) is 69.9 Å². The third kappa shape index (κ3) is 5.60. The van der Waals surface area contributed by atoms with Crippen LogP contribution in [0.1, 0.15) is 36.6 Å². The van der Waals surface area contributed by atoms with Crippen molar-refractivity contribution in [3.63, 3.8) is 0 Å². The zero-order chi connectivity index (χ0) is 28.4. The Hall–Kier alpha value is -3.36. The number of hydrogen-bond acceptors (Lipinski definition) is 6. The normalized spacial score (nSPS) is 15.0. The van der Waals surface area contributed by atoms with E-state index in [9.17, 15) is 9.59 Å². The summed E-state index contributed by atoms with van der Waals surface area (Å²) in [5.41, 5.74) is 2.53. The number of esters is 1. The lowest BCUT2D eigenvalue weighted by molar-refractivity contribution is -0.139. The molecular weight excluding hydrogens is 591 g/mol. The molecule has 0 amide bonds. The minimum absolute atomic E-state index is 0.188. The first-order chi connectivity index (χ1) is 19.3. The summed E-state index contributed by atoms with van der Waals surface area (Å²) in [6.45, 7) is 3.87. The van der Waals surface area contributed by atoms with Crippen molar-refractivity contribution < 1.29 is 14.3 Å². The molecule has 0 aliphatic carbocycles. The van der Waals surface area contributed by atoms with Crippen LogP contribution in [0.5, 0.6) is 5.75 Å². The van der Waals surface area contributed by atoms with Gasteiger partial charge in [0.15, 0.2) is 4.80 Å². The second-order valence-corrected chi connectivity index (χ2v) is 11.1. The second kappa shape index (κ2) is 12.0. The Morgan fingerprint density at radius 3 is 2.55 bits per heavy atom. The first kappa shape index (κ1) is 28.2. The Morgan fingerprint density at radius 2 is 1.80 bits per heavy atom. The maximum absolute atomic E-state index is 13.9. The molecule has 0 unspecified atom stereocenters. The summed E-state index contributed by atoms with van der Waals surface area (Å²) in [5.74, 6) is 0.0351. The summed E-state index contributed by atoms with van der Waals surface area (Å²) in [7, 11) is 0. The Labute approximate surface area is 249 Å². The van der Waals surface area contributed by atoms with Gasteiger partial charge in [-0.3, -0.25) is 9.36 Å². The Morgan fingerprint density at radius 1 is 1.05 bits per heavy atom. The van der Waals surface area contributed by atoms with Crippen LogP contribution in [0.25, 0.3) is 6.08 Å². The lowest BCUT2D eigenvalue weighted by atomic mass is 9.96. The number of allylic oxidation sites excluding steroid dienone is 1. The van der Waals surface area contributed by atoms with Crippen LogP contribution in [0.15, 0.2) is 87.8 Å². The minimum atomic E-state index is -0.787. The standard InChI is InChI=1S/C30H23Cl3N2O4S/c1-3-38-29(37)26-17(2)34-30-35(27(26)21-9-5-6-10-22(21)32)28(36)25(40-30)14-18-8-4-7-11-24(18)39-16-19-12-13-20(31)15-23(19)33/h4-15,27H,3,16H2,1-2H3/t27-/m0/s1. The molecule has 0 saturated carbocycles. The van der Waals surface area contributed by atoms with E-state index in [-0.39, 0.29) is 24.3 Å². The molecule has 0 N–H and O–H groups in total. The smallest absolute Gasteiger partial charge is 0.338 e. The largest absolute Gasteiger partial charge is 0.488 e. The van der Waals surface area contributed by atoms with E-state index in [1.54, 1.807) is 50.3 Å². The van der Waals surface area contributed by atoms with Crippen molar-refractivity contribution in [2.45, 2.75) is 26.5 Å². The molecule has 1 atom stereocenters. The third-order valence-electron chi connectivity index (χ3n) is 6.32. The number of benzene rings is 3. The molecule has 1 aliphatic rings. The van der Waals surface area contributed by atoms with Crippen molar-refractivity contribution >= 4 is 58.2 Å². The summed E-state index contributed by atoms with van der Waals surface area (Å²) < 4.78 is 13.4. The van der Waals surface area contributed by atoms with Gasteiger partial charge in [-0.05, 0) is 49.8 Å². The molecule has 10 heteroatoms. The summed E-state index contributed by atoms with van der Waals surface area (Å²) in [4.78, 5) is 32.0. The number of rotatable bonds is 7. The molecule has 2 heterocycles. The van der Waals surface area contributed by atoms with Gasteiger partial charge in [-0.2, -0.15) is 0 Å². The van der Waals surface area contributed by atoms with Gasteiger partial charge in [0.2, 0.25) is 0 Å². The van der Waals surface area contributed by atoms with Gasteiger partial charge in [-0.1, -0.05) is 88.6 Å². The summed E-state index contributed by atoms with van der Waals surface area (Å²) in [6.07, 6.45) is 1.76. The van der Waals surface area contributed by atoms with E-state index in [4.69, 9.17) is 44.3 Å². The van der Waals surface area contributed by atoms with Crippen molar-refractivity contribution in [1.82, 2.24) is 4.57 Å². The quantitative estimate of drug-likeness (QED) is 0.228. The number of thiazole rings is 1. The molecule has 0 bridgehead atoms. The molecule has 1 aliphatic heterocycles. The molecule has 0 radical (unpaired) electrons. The van der Waals surface area contributed by atoms with Gasteiger partial charge in [-0.25, -0.2) is 9.79 Å². The van der Waals surface area contributed by atoms with Crippen LogP contribution < -0.4 is 19.6 Å². The Bertz CT molecular complexity index is 1830. The van der Waals surface area contributed by atoms with E-state index in [1.165, 1.54) is 15.9 Å². The van der Waals surface area contributed by atoms with E-state index in [1.807, 2.05) is 36.4 Å². The number of halogens is 3. The average molecular weight is 614 g/mol. The van der Waals surface area contributed by atoms with Crippen LogP contribution >= 0.6 is 46.1 Å². The number of hydrogen-bond donors (Lipinski definition) is 0. The highest BCUT2D eigenvalue weighted by Gasteiger charge is 2.34. The van der Waals surface area contributed by atoms with E-state index in [0.29, 0.717) is 47.0 Å². The molecule has 204 valence electrons. The highest BCUT2D eigenvalue weighted by molar-refractivity contribution is 7.07. The summed E-state index contributed by atoms with van der Waals surface area (Å²) >= 11 is 20.1. The van der Waals surface area contributed by atoms with Crippen LogP contribution in [0.4, 0.5) is 0 Å². The van der Waals surface area contributed by atoms with Crippen molar-refractivity contribution in [2.24, 2.45) is 4.99 Å². The Balaban J connectivity index is 1.60. The van der Waals surface area contributed by atoms with E-state index in [2.05, 4.69) is 4.99 Å². The fraction of sp³-hybridized carbons (Fsp3) is 0.167. The fourth-order valence-electron chi connectivity index (χ4n) is 4.45. The number of ether oxygens (including phenoxy) is 2. The molecule has 40 heavy (non-hydrogen) atoms. The summed E-state index contributed by atoms with van der Waals surface area (Å²) in [6, 6.07) is 19.0. The van der Waals surface area contributed by atoms with Crippen molar-refractivity contribution in [3.05, 3.63) is 129 Å². The molecule has 6 nitrogen and oxygen atoms in total. The van der Waals surface area contributed by atoms with Gasteiger partial charge in [0.05, 0.1) is 22.4 Å². The van der Waals surface area contributed by atoms with Crippen molar-refractivity contribution in [2.75, 3.05) is 6.61 Å². The van der Waals surface area contributed by atoms with Gasteiger partial charge in [0.1, 0.15) is 18.4 Å². The van der Waals surface area contributed by atoms with Crippen molar-refractivity contribution in [3.8, 4) is 5.75 Å². The van der Waals surface area contributed by atoms with E-state index < -0.39 is 12.0 Å². The number of fused-ring (bicyclic) bond motifs is 1. The number of para-hydroxylation sites is 1. The van der Waals surface area contributed by atoms with Crippen molar-refractivity contribution in [1.29, 1.82) is 0 Å². The molecular formula is C30H23Cl3N2O4S. The van der Waals surface area contributed by atoms with E-state index >= 15 is 0 Å². The highest BCUT2D eigenvalue weighted by Crippen LogP contribution is 2.34. The lowest BCUT2D eigenvalue weighted by Crippen LogP contribution is -2.40. The fourth-order valence-corrected chi connectivity index (χ4v) is 6.19. The van der Waals surface area contributed by atoms with Crippen LogP contribution in [-0.4, -0.2) is 17.1 Å². The number of carbonyl (C=O) groups is 1. The van der Waals surface area contributed by atoms with Gasteiger partial charge in [0.25, 0.3) is 5.56 Å². The molecule has 0 spiro atoms. The first-order valence-electron chi connectivity index (χ1n) is 12.4. The zero-order valence-corrected chi connectivity index (χ0v) is 24.6. The monoisotopic (exact) mass is 612 g/mol. The molecule has 5 rings (SSSR count).